The van der Waals surface area contributed by atoms with E-state index in [2.05, 4.69) is 24.5 Å². The monoisotopic (exact) mass is 240 g/mol. The molecule has 2 heterocycles. The van der Waals surface area contributed by atoms with Crippen LogP contribution in [0.3, 0.4) is 0 Å². The standard InChI is InChI=1S/C13H24N2O2/c1-9-4-3-6-14-11(9)8-15-13(16)12-10(2)5-7-17-12/h9-12,14H,3-8H2,1-2H3,(H,15,16). The molecule has 1 amide bonds. The van der Waals surface area contributed by atoms with Crippen molar-refractivity contribution in [1.82, 2.24) is 10.6 Å². The molecule has 0 aliphatic carbocycles. The van der Waals surface area contributed by atoms with Crippen molar-refractivity contribution >= 4 is 5.91 Å². The van der Waals surface area contributed by atoms with Crippen molar-refractivity contribution in [3.8, 4) is 0 Å². The molecule has 2 N–H and O–H groups in total. The maximum Gasteiger partial charge on any atom is 0.249 e. The van der Waals surface area contributed by atoms with Gasteiger partial charge in [-0.15, -0.1) is 0 Å². The summed E-state index contributed by atoms with van der Waals surface area (Å²) in [6.07, 6.45) is 3.27. The Bertz CT molecular complexity index is 270. The van der Waals surface area contributed by atoms with Gasteiger partial charge in [0.15, 0.2) is 0 Å². The van der Waals surface area contributed by atoms with Crippen LogP contribution in [0, 0.1) is 11.8 Å². The van der Waals surface area contributed by atoms with Crippen LogP contribution >= 0.6 is 0 Å². The molecule has 0 bridgehead atoms. The van der Waals surface area contributed by atoms with Gasteiger partial charge in [0, 0.05) is 19.2 Å². The highest BCUT2D eigenvalue weighted by atomic mass is 16.5. The third-order valence-corrected chi connectivity index (χ3v) is 4.07. The fourth-order valence-electron chi connectivity index (χ4n) is 2.73. The lowest BCUT2D eigenvalue weighted by molar-refractivity contribution is -0.131. The summed E-state index contributed by atoms with van der Waals surface area (Å²) >= 11 is 0. The van der Waals surface area contributed by atoms with Crippen molar-refractivity contribution < 1.29 is 9.53 Å². The Morgan fingerprint density at radius 2 is 2.18 bits per heavy atom. The number of ether oxygens (including phenoxy) is 1. The van der Waals surface area contributed by atoms with E-state index < -0.39 is 0 Å². The van der Waals surface area contributed by atoms with Crippen molar-refractivity contribution in [2.24, 2.45) is 11.8 Å². The van der Waals surface area contributed by atoms with E-state index in [-0.39, 0.29) is 12.0 Å². The van der Waals surface area contributed by atoms with Gasteiger partial charge in [-0.25, -0.2) is 0 Å². The second kappa shape index (κ2) is 5.83. The van der Waals surface area contributed by atoms with Gasteiger partial charge in [0.1, 0.15) is 6.10 Å². The van der Waals surface area contributed by atoms with Crippen molar-refractivity contribution in [2.45, 2.75) is 45.3 Å². The highest BCUT2D eigenvalue weighted by molar-refractivity contribution is 5.81. The van der Waals surface area contributed by atoms with E-state index in [0.717, 1.165) is 26.1 Å². The number of hydrogen-bond acceptors (Lipinski definition) is 3. The molecule has 4 atom stereocenters. The summed E-state index contributed by atoms with van der Waals surface area (Å²) < 4.78 is 5.46. The van der Waals surface area contributed by atoms with Crippen LogP contribution in [0.5, 0.6) is 0 Å². The van der Waals surface area contributed by atoms with Crippen LogP contribution in [0.2, 0.25) is 0 Å². The first kappa shape index (κ1) is 12.8. The van der Waals surface area contributed by atoms with E-state index in [1.807, 2.05) is 0 Å². The molecule has 0 aromatic rings. The molecule has 17 heavy (non-hydrogen) atoms. The van der Waals surface area contributed by atoms with Crippen molar-refractivity contribution in [3.63, 3.8) is 0 Å². The normalized spacial score (nSPS) is 38.0. The zero-order valence-electron chi connectivity index (χ0n) is 10.9. The molecule has 4 nitrogen and oxygen atoms in total. The van der Waals surface area contributed by atoms with Crippen LogP contribution in [0.1, 0.15) is 33.1 Å². The second-order valence-corrected chi connectivity index (χ2v) is 5.48. The van der Waals surface area contributed by atoms with Crippen LogP contribution in [-0.4, -0.2) is 37.7 Å². The molecule has 98 valence electrons. The summed E-state index contributed by atoms with van der Waals surface area (Å²) in [5.74, 6) is 1.06. The summed E-state index contributed by atoms with van der Waals surface area (Å²) in [4.78, 5) is 11.9. The molecule has 0 radical (unpaired) electrons. The van der Waals surface area contributed by atoms with E-state index in [1.54, 1.807) is 0 Å². The minimum atomic E-state index is -0.228. The summed E-state index contributed by atoms with van der Waals surface area (Å²) in [6, 6.07) is 0.421. The maximum atomic E-state index is 11.9. The average molecular weight is 240 g/mol. The average Bonchev–Trinajstić information content (AvgIpc) is 2.74. The molecular formula is C13H24N2O2. The second-order valence-electron chi connectivity index (χ2n) is 5.48. The number of rotatable bonds is 3. The van der Waals surface area contributed by atoms with E-state index in [9.17, 15) is 4.79 Å². The summed E-state index contributed by atoms with van der Waals surface area (Å²) in [6.45, 7) is 6.85. The molecule has 2 aliphatic heterocycles. The van der Waals surface area contributed by atoms with Crippen LogP contribution in [0.25, 0.3) is 0 Å². The van der Waals surface area contributed by atoms with E-state index in [1.165, 1.54) is 12.8 Å². The van der Waals surface area contributed by atoms with Gasteiger partial charge < -0.3 is 15.4 Å². The highest BCUT2D eigenvalue weighted by Gasteiger charge is 2.31. The van der Waals surface area contributed by atoms with Gasteiger partial charge in [-0.1, -0.05) is 13.8 Å². The number of carbonyl (C=O) groups is 1. The van der Waals surface area contributed by atoms with Gasteiger partial charge in [-0.2, -0.15) is 0 Å². The van der Waals surface area contributed by atoms with Gasteiger partial charge in [0.2, 0.25) is 5.91 Å². The Morgan fingerprint density at radius 3 is 2.82 bits per heavy atom. The molecular weight excluding hydrogens is 216 g/mol. The largest absolute Gasteiger partial charge is 0.368 e. The van der Waals surface area contributed by atoms with Gasteiger partial charge in [0.05, 0.1) is 0 Å². The Kier molecular flexibility index (Phi) is 4.40. The van der Waals surface area contributed by atoms with E-state index in [0.29, 0.717) is 17.9 Å². The summed E-state index contributed by atoms with van der Waals surface area (Å²) in [5, 5.41) is 6.50. The number of piperidine rings is 1. The summed E-state index contributed by atoms with van der Waals surface area (Å²) in [5.41, 5.74) is 0. The molecule has 2 aliphatic rings. The zero-order valence-corrected chi connectivity index (χ0v) is 10.9. The van der Waals surface area contributed by atoms with Crippen LogP contribution in [-0.2, 0) is 9.53 Å². The smallest absolute Gasteiger partial charge is 0.249 e. The predicted molar refractivity (Wildman–Crippen MR) is 66.7 cm³/mol. The van der Waals surface area contributed by atoms with Crippen molar-refractivity contribution in [2.75, 3.05) is 19.7 Å². The zero-order chi connectivity index (χ0) is 12.3. The van der Waals surface area contributed by atoms with Crippen molar-refractivity contribution in [1.29, 1.82) is 0 Å². The number of nitrogens with one attached hydrogen (secondary N) is 2. The Labute approximate surface area is 103 Å². The quantitative estimate of drug-likeness (QED) is 0.771. The maximum absolute atomic E-state index is 11.9. The van der Waals surface area contributed by atoms with E-state index in [4.69, 9.17) is 4.74 Å². The SMILES string of the molecule is CC1CCCNC1CNC(=O)C1OCCC1C. The van der Waals surface area contributed by atoms with Gasteiger partial charge in [0.25, 0.3) is 0 Å². The topological polar surface area (TPSA) is 50.4 Å². The van der Waals surface area contributed by atoms with Gasteiger partial charge >= 0.3 is 0 Å². The Balaban J connectivity index is 1.75. The van der Waals surface area contributed by atoms with Crippen molar-refractivity contribution in [3.05, 3.63) is 0 Å². The fraction of sp³-hybridized carbons (Fsp3) is 0.923. The molecule has 0 saturated carbocycles. The number of amides is 1. The first-order chi connectivity index (χ1) is 8.18. The van der Waals surface area contributed by atoms with Crippen LogP contribution < -0.4 is 10.6 Å². The first-order valence-corrected chi connectivity index (χ1v) is 6.81. The van der Waals surface area contributed by atoms with Gasteiger partial charge in [-0.05, 0) is 37.6 Å². The molecule has 0 aromatic heterocycles. The number of carbonyl (C=O) groups excluding carboxylic acids is 1. The highest BCUT2D eigenvalue weighted by Crippen LogP contribution is 2.20. The Morgan fingerprint density at radius 1 is 1.35 bits per heavy atom. The lowest BCUT2D eigenvalue weighted by Crippen LogP contribution is -2.50. The molecule has 2 saturated heterocycles. The summed E-state index contributed by atoms with van der Waals surface area (Å²) in [7, 11) is 0. The lowest BCUT2D eigenvalue weighted by atomic mass is 9.92. The fourth-order valence-corrected chi connectivity index (χ4v) is 2.73. The van der Waals surface area contributed by atoms with Crippen LogP contribution in [0.15, 0.2) is 0 Å². The Hall–Kier alpha value is -0.610. The molecule has 2 fully saturated rings. The van der Waals surface area contributed by atoms with Crippen LogP contribution in [0.4, 0.5) is 0 Å². The minimum absolute atomic E-state index is 0.0644. The minimum Gasteiger partial charge on any atom is -0.368 e. The molecule has 0 spiro atoms. The molecule has 2 rings (SSSR count). The molecule has 0 aromatic carbocycles. The molecule has 4 heteroatoms. The number of hydrogen-bond donors (Lipinski definition) is 2. The third kappa shape index (κ3) is 3.19. The van der Waals surface area contributed by atoms with Gasteiger partial charge in [-0.3, -0.25) is 4.79 Å². The lowest BCUT2D eigenvalue weighted by Gasteiger charge is -2.30. The van der Waals surface area contributed by atoms with E-state index >= 15 is 0 Å². The predicted octanol–water partition coefficient (Wildman–Crippen LogP) is 0.916. The molecule has 4 unspecified atom stereocenters. The third-order valence-electron chi connectivity index (χ3n) is 4.07. The first-order valence-electron chi connectivity index (χ1n) is 6.81.